The lowest BCUT2D eigenvalue weighted by Gasteiger charge is -2.25. The Balaban J connectivity index is 1.32. The zero-order valence-corrected chi connectivity index (χ0v) is 23.2. The van der Waals surface area contributed by atoms with Crippen molar-refractivity contribution in [3.8, 4) is 33.9 Å². The second-order valence-electron chi connectivity index (χ2n) is 10.7. The number of aromatic carboxylic acids is 1. The number of aromatic nitrogens is 4. The van der Waals surface area contributed by atoms with E-state index in [0.717, 1.165) is 63.2 Å². The molecule has 0 saturated heterocycles. The number of aryl methyl sites for hydroxylation is 1. The van der Waals surface area contributed by atoms with Crippen LogP contribution in [0.4, 0.5) is 0 Å². The van der Waals surface area contributed by atoms with Gasteiger partial charge in [-0.05, 0) is 74.4 Å². The number of hydrogen-bond acceptors (Lipinski definition) is 5. The molecule has 3 heterocycles. The van der Waals surface area contributed by atoms with Gasteiger partial charge in [-0.3, -0.25) is 0 Å². The Morgan fingerprint density at radius 1 is 0.902 bits per heavy atom. The van der Waals surface area contributed by atoms with E-state index in [0.29, 0.717) is 22.3 Å². The fourth-order valence-corrected chi connectivity index (χ4v) is 6.15. The van der Waals surface area contributed by atoms with Gasteiger partial charge in [0.25, 0.3) is 0 Å². The van der Waals surface area contributed by atoms with Gasteiger partial charge >= 0.3 is 5.97 Å². The van der Waals surface area contributed by atoms with Gasteiger partial charge in [0, 0.05) is 27.6 Å². The van der Waals surface area contributed by atoms with Gasteiger partial charge < -0.3 is 14.2 Å². The molecule has 0 radical (unpaired) electrons. The number of carboxylic acids is 1. The topological polar surface area (TPSA) is 94.0 Å². The Kier molecular flexibility index (Phi) is 6.31. The van der Waals surface area contributed by atoms with Gasteiger partial charge in [0.1, 0.15) is 17.3 Å². The lowest BCUT2D eigenvalue weighted by molar-refractivity contribution is 0.0697. The number of halogens is 1. The summed E-state index contributed by atoms with van der Waals surface area (Å²) in [5, 5.41) is 15.5. The van der Waals surface area contributed by atoms with Crippen LogP contribution in [0.5, 0.6) is 0 Å². The SMILES string of the molecule is Cc1onc(-c2ccc(Cl)cc2)c1-c1ccc2cc(-c3nc4cc(C(=O)O)ccc4n3C3CCCCC3)ccc2n1. The fraction of sp³-hybridized carbons (Fsp3) is 0.212. The van der Waals surface area contributed by atoms with Crippen LogP contribution in [0.25, 0.3) is 55.8 Å². The molecule has 1 saturated carbocycles. The number of carboxylic acid groups (broad SMARTS) is 1. The first kappa shape index (κ1) is 25.5. The van der Waals surface area contributed by atoms with E-state index in [-0.39, 0.29) is 5.56 Å². The zero-order valence-electron chi connectivity index (χ0n) is 22.5. The number of hydrogen-bond donors (Lipinski definition) is 1. The van der Waals surface area contributed by atoms with Crippen molar-refractivity contribution in [2.24, 2.45) is 0 Å². The van der Waals surface area contributed by atoms with E-state index in [1.54, 1.807) is 12.1 Å². The maximum Gasteiger partial charge on any atom is 0.335 e. The molecule has 8 heteroatoms. The number of benzene rings is 3. The Labute approximate surface area is 241 Å². The van der Waals surface area contributed by atoms with Crippen molar-refractivity contribution in [1.29, 1.82) is 0 Å². The summed E-state index contributed by atoms with van der Waals surface area (Å²) in [7, 11) is 0. The monoisotopic (exact) mass is 562 g/mol. The van der Waals surface area contributed by atoms with Crippen molar-refractivity contribution in [1.82, 2.24) is 19.7 Å². The molecule has 1 aliphatic carbocycles. The molecular weight excluding hydrogens is 536 g/mol. The van der Waals surface area contributed by atoms with E-state index in [9.17, 15) is 9.90 Å². The Bertz CT molecular complexity index is 1930. The van der Waals surface area contributed by atoms with Crippen LogP contribution in [0, 0.1) is 6.92 Å². The summed E-state index contributed by atoms with van der Waals surface area (Å²) < 4.78 is 7.90. The lowest BCUT2D eigenvalue weighted by Crippen LogP contribution is -2.14. The largest absolute Gasteiger partial charge is 0.478 e. The highest BCUT2D eigenvalue weighted by Crippen LogP contribution is 2.38. The van der Waals surface area contributed by atoms with Crippen molar-refractivity contribution >= 4 is 39.5 Å². The van der Waals surface area contributed by atoms with Crippen molar-refractivity contribution < 1.29 is 14.4 Å². The third-order valence-corrected chi connectivity index (χ3v) is 8.31. The Morgan fingerprint density at radius 3 is 2.46 bits per heavy atom. The third kappa shape index (κ3) is 4.56. The summed E-state index contributed by atoms with van der Waals surface area (Å²) in [4.78, 5) is 21.6. The second kappa shape index (κ2) is 10.2. The molecule has 1 fully saturated rings. The van der Waals surface area contributed by atoms with E-state index in [1.807, 2.05) is 49.4 Å². The number of carbonyl (C=O) groups is 1. The first-order valence-electron chi connectivity index (χ1n) is 13.9. The molecule has 41 heavy (non-hydrogen) atoms. The average Bonchev–Trinajstić information content (AvgIpc) is 3.57. The van der Waals surface area contributed by atoms with E-state index < -0.39 is 5.97 Å². The predicted molar refractivity (Wildman–Crippen MR) is 160 cm³/mol. The molecule has 1 N–H and O–H groups in total. The van der Waals surface area contributed by atoms with E-state index >= 15 is 0 Å². The third-order valence-electron chi connectivity index (χ3n) is 8.06. The average molecular weight is 563 g/mol. The highest BCUT2D eigenvalue weighted by atomic mass is 35.5. The van der Waals surface area contributed by atoms with Crippen molar-refractivity contribution in [2.45, 2.75) is 45.1 Å². The van der Waals surface area contributed by atoms with Crippen LogP contribution in [-0.4, -0.2) is 30.8 Å². The molecule has 7 rings (SSSR count). The van der Waals surface area contributed by atoms with Gasteiger partial charge in [-0.25, -0.2) is 14.8 Å². The van der Waals surface area contributed by atoms with Crippen LogP contribution in [0.2, 0.25) is 5.02 Å². The number of pyridine rings is 1. The van der Waals surface area contributed by atoms with Crippen LogP contribution in [0.1, 0.15) is 54.3 Å². The molecule has 1 aliphatic rings. The van der Waals surface area contributed by atoms with Crippen LogP contribution in [-0.2, 0) is 0 Å². The lowest BCUT2D eigenvalue weighted by atomic mass is 9.94. The van der Waals surface area contributed by atoms with Crippen LogP contribution < -0.4 is 0 Å². The molecule has 3 aromatic carbocycles. The molecule has 0 bridgehead atoms. The van der Waals surface area contributed by atoms with Crippen molar-refractivity contribution in [3.63, 3.8) is 0 Å². The van der Waals surface area contributed by atoms with E-state index in [2.05, 4.69) is 27.9 Å². The summed E-state index contributed by atoms with van der Waals surface area (Å²) in [6.07, 6.45) is 5.79. The molecule has 0 unspecified atom stereocenters. The maximum atomic E-state index is 11.6. The molecule has 3 aromatic heterocycles. The van der Waals surface area contributed by atoms with Crippen molar-refractivity contribution in [3.05, 3.63) is 89.1 Å². The van der Waals surface area contributed by atoms with Gasteiger partial charge in [-0.1, -0.05) is 54.2 Å². The molecule has 0 atom stereocenters. The zero-order chi connectivity index (χ0) is 28.1. The number of imidazole rings is 1. The van der Waals surface area contributed by atoms with Gasteiger partial charge in [0.2, 0.25) is 0 Å². The number of rotatable bonds is 5. The standard InChI is InChI=1S/C33H27ClN4O3/c1-19-30(31(37-41-19)20-7-12-24(34)13-8-20)27-15-9-21-17-22(10-14-26(21)35-27)32-36-28-18-23(33(39)40)11-16-29(28)38(32)25-5-3-2-4-6-25/h7-18,25H,2-6H2,1H3,(H,39,40). The summed E-state index contributed by atoms with van der Waals surface area (Å²) in [6, 6.07) is 23.4. The van der Waals surface area contributed by atoms with Crippen LogP contribution in [0.15, 0.2) is 77.3 Å². The van der Waals surface area contributed by atoms with E-state index in [1.165, 1.54) is 19.3 Å². The minimum absolute atomic E-state index is 0.245. The van der Waals surface area contributed by atoms with Gasteiger partial charge in [0.15, 0.2) is 0 Å². The minimum atomic E-state index is -0.949. The summed E-state index contributed by atoms with van der Waals surface area (Å²) in [5.74, 6) is 0.608. The van der Waals surface area contributed by atoms with Gasteiger partial charge in [-0.15, -0.1) is 0 Å². The number of nitrogens with zero attached hydrogens (tertiary/aromatic N) is 4. The highest BCUT2D eigenvalue weighted by molar-refractivity contribution is 6.30. The quantitative estimate of drug-likeness (QED) is 0.226. The van der Waals surface area contributed by atoms with Crippen LogP contribution >= 0.6 is 11.6 Å². The predicted octanol–water partition coefficient (Wildman–Crippen LogP) is 8.74. The normalized spacial score (nSPS) is 14.2. The van der Waals surface area contributed by atoms with E-state index in [4.69, 9.17) is 26.1 Å². The molecular formula is C33H27ClN4O3. The molecule has 0 spiro atoms. The number of fused-ring (bicyclic) bond motifs is 2. The Hall–Kier alpha value is -4.49. The summed E-state index contributed by atoms with van der Waals surface area (Å²) >= 11 is 6.09. The maximum absolute atomic E-state index is 11.6. The molecule has 204 valence electrons. The summed E-state index contributed by atoms with van der Waals surface area (Å²) in [6.45, 7) is 1.89. The first-order chi connectivity index (χ1) is 20.0. The minimum Gasteiger partial charge on any atom is -0.478 e. The van der Waals surface area contributed by atoms with Gasteiger partial charge in [0.05, 0.1) is 33.4 Å². The Morgan fingerprint density at radius 2 is 1.68 bits per heavy atom. The fourth-order valence-electron chi connectivity index (χ4n) is 6.03. The molecule has 7 nitrogen and oxygen atoms in total. The molecule has 0 aliphatic heterocycles. The molecule has 0 amide bonds. The molecule has 6 aromatic rings. The second-order valence-corrected chi connectivity index (χ2v) is 11.1. The smallest absolute Gasteiger partial charge is 0.335 e. The van der Waals surface area contributed by atoms with Crippen LogP contribution in [0.3, 0.4) is 0 Å². The van der Waals surface area contributed by atoms with Gasteiger partial charge in [-0.2, -0.15) is 0 Å². The summed E-state index contributed by atoms with van der Waals surface area (Å²) in [5.41, 5.74) is 7.03. The van der Waals surface area contributed by atoms with Crippen molar-refractivity contribution in [2.75, 3.05) is 0 Å². The highest BCUT2D eigenvalue weighted by Gasteiger charge is 2.24. The first-order valence-corrected chi connectivity index (χ1v) is 14.2.